The highest BCUT2D eigenvalue weighted by Gasteiger charge is 2.62. The van der Waals surface area contributed by atoms with Crippen molar-refractivity contribution in [3.05, 3.63) is 42.5 Å². The number of likely N-dealkylation sites (tertiary alicyclic amines) is 1. The Labute approximate surface area is 168 Å². The van der Waals surface area contributed by atoms with Gasteiger partial charge < -0.3 is 5.32 Å². The maximum absolute atomic E-state index is 12.9. The van der Waals surface area contributed by atoms with E-state index in [2.05, 4.69) is 15.4 Å². The standard InChI is InChI=1S/C21H23N5O3/c1-12(26-20(28)17-14-4-5-15(8-14)18(17)21(26)29)19(27)24-16-6-2-13(3-7-16)9-25-11-22-10-23-25/h2-3,6-7,10-12,14-15,17-18H,4-5,8-9H2,1H3,(H,24,27)/t12-,14+,15+,17-,18+/m1/s1. The minimum atomic E-state index is -0.810. The molecule has 8 heteroatoms. The van der Waals surface area contributed by atoms with Gasteiger partial charge in [-0.05, 0) is 55.7 Å². The van der Waals surface area contributed by atoms with Gasteiger partial charge in [0.05, 0.1) is 18.4 Å². The van der Waals surface area contributed by atoms with Crippen LogP contribution in [-0.4, -0.2) is 43.4 Å². The third-order valence-corrected chi connectivity index (χ3v) is 6.76. The number of hydrogen-bond acceptors (Lipinski definition) is 5. The van der Waals surface area contributed by atoms with E-state index in [0.717, 1.165) is 24.8 Å². The van der Waals surface area contributed by atoms with Crippen LogP contribution in [0, 0.1) is 23.7 Å². The molecule has 0 spiro atoms. The van der Waals surface area contributed by atoms with Crippen LogP contribution in [0.4, 0.5) is 5.69 Å². The number of benzene rings is 1. The molecule has 150 valence electrons. The summed E-state index contributed by atoms with van der Waals surface area (Å²) in [6.45, 7) is 2.22. The van der Waals surface area contributed by atoms with E-state index in [1.165, 1.54) is 11.2 Å². The number of hydrogen-bond donors (Lipinski definition) is 1. The quantitative estimate of drug-likeness (QED) is 0.780. The lowest BCUT2D eigenvalue weighted by Crippen LogP contribution is -2.46. The molecular weight excluding hydrogens is 370 g/mol. The highest BCUT2D eigenvalue weighted by molar-refractivity contribution is 6.10. The van der Waals surface area contributed by atoms with Crippen molar-refractivity contribution in [2.45, 2.75) is 38.8 Å². The van der Waals surface area contributed by atoms with Crippen LogP contribution in [0.25, 0.3) is 0 Å². The molecule has 5 rings (SSSR count). The first-order chi connectivity index (χ1) is 14.0. The molecule has 5 atom stereocenters. The number of carbonyl (C=O) groups excluding carboxylic acids is 3. The van der Waals surface area contributed by atoms with E-state index in [1.54, 1.807) is 30.1 Å². The van der Waals surface area contributed by atoms with Gasteiger partial charge in [-0.25, -0.2) is 9.67 Å². The molecule has 0 radical (unpaired) electrons. The molecule has 2 saturated carbocycles. The Bertz CT molecular complexity index is 927. The first-order valence-corrected chi connectivity index (χ1v) is 10.1. The topological polar surface area (TPSA) is 97.2 Å². The van der Waals surface area contributed by atoms with Gasteiger partial charge in [-0.2, -0.15) is 5.10 Å². The Balaban J connectivity index is 1.25. The Morgan fingerprint density at radius 2 is 1.79 bits per heavy atom. The summed E-state index contributed by atoms with van der Waals surface area (Å²) in [5.74, 6) is -0.419. The van der Waals surface area contributed by atoms with Crippen LogP contribution in [0.2, 0.25) is 0 Å². The third kappa shape index (κ3) is 2.94. The molecule has 1 saturated heterocycles. The first kappa shape index (κ1) is 18.0. The van der Waals surface area contributed by atoms with Crippen LogP contribution >= 0.6 is 0 Å². The minimum Gasteiger partial charge on any atom is -0.324 e. The van der Waals surface area contributed by atoms with Gasteiger partial charge in [0.2, 0.25) is 17.7 Å². The van der Waals surface area contributed by atoms with Crippen molar-refractivity contribution in [1.82, 2.24) is 19.7 Å². The van der Waals surface area contributed by atoms with E-state index in [-0.39, 0.29) is 29.6 Å². The number of fused-ring (bicyclic) bond motifs is 5. The van der Waals surface area contributed by atoms with Crippen molar-refractivity contribution >= 4 is 23.4 Å². The number of imide groups is 1. The van der Waals surface area contributed by atoms with Crippen molar-refractivity contribution in [2.24, 2.45) is 23.7 Å². The predicted molar refractivity (Wildman–Crippen MR) is 103 cm³/mol. The maximum atomic E-state index is 12.9. The molecule has 0 unspecified atom stereocenters. The summed E-state index contributed by atoms with van der Waals surface area (Å²) in [5.41, 5.74) is 1.65. The first-order valence-electron chi connectivity index (χ1n) is 10.1. The van der Waals surface area contributed by atoms with Crippen molar-refractivity contribution in [1.29, 1.82) is 0 Å². The lowest BCUT2D eigenvalue weighted by Gasteiger charge is -2.23. The number of amides is 3. The van der Waals surface area contributed by atoms with Gasteiger partial charge in [-0.3, -0.25) is 19.3 Å². The minimum absolute atomic E-state index is 0.155. The molecule has 2 bridgehead atoms. The second-order valence-corrected chi connectivity index (χ2v) is 8.39. The highest BCUT2D eigenvalue weighted by atomic mass is 16.2. The molecule has 1 aliphatic heterocycles. The number of nitrogens with one attached hydrogen (secondary N) is 1. The molecule has 8 nitrogen and oxygen atoms in total. The van der Waals surface area contributed by atoms with Gasteiger partial charge in [-0.15, -0.1) is 0 Å². The summed E-state index contributed by atoms with van der Waals surface area (Å²) in [5, 5.41) is 6.90. The molecular formula is C21H23N5O3. The van der Waals surface area contributed by atoms with Crippen LogP contribution < -0.4 is 5.32 Å². The molecule has 2 heterocycles. The predicted octanol–water partition coefficient (Wildman–Crippen LogP) is 1.68. The average Bonchev–Trinajstić information content (AvgIpc) is 3.49. The van der Waals surface area contributed by atoms with Gasteiger partial charge in [0.1, 0.15) is 18.7 Å². The number of nitrogens with zero attached hydrogens (tertiary/aromatic N) is 4. The van der Waals surface area contributed by atoms with E-state index in [0.29, 0.717) is 24.1 Å². The average molecular weight is 393 g/mol. The molecule has 2 aromatic rings. The zero-order valence-electron chi connectivity index (χ0n) is 16.2. The number of carbonyl (C=O) groups is 3. The van der Waals surface area contributed by atoms with Crippen LogP contribution in [0.5, 0.6) is 0 Å². The molecule has 1 N–H and O–H groups in total. The van der Waals surface area contributed by atoms with Crippen molar-refractivity contribution in [3.8, 4) is 0 Å². The number of aromatic nitrogens is 3. The summed E-state index contributed by atoms with van der Waals surface area (Å²) in [6.07, 6.45) is 6.17. The second kappa shape index (κ2) is 6.79. The number of rotatable bonds is 5. The second-order valence-electron chi connectivity index (χ2n) is 8.39. The molecule has 3 aliphatic rings. The monoisotopic (exact) mass is 393 g/mol. The summed E-state index contributed by atoms with van der Waals surface area (Å²) in [7, 11) is 0. The van der Waals surface area contributed by atoms with E-state index in [1.807, 2.05) is 12.1 Å². The van der Waals surface area contributed by atoms with E-state index < -0.39 is 6.04 Å². The van der Waals surface area contributed by atoms with E-state index in [9.17, 15) is 14.4 Å². The lowest BCUT2D eigenvalue weighted by molar-refractivity contribution is -0.146. The number of anilines is 1. The van der Waals surface area contributed by atoms with Crippen LogP contribution in [0.15, 0.2) is 36.9 Å². The van der Waals surface area contributed by atoms with Crippen molar-refractivity contribution < 1.29 is 14.4 Å². The third-order valence-electron chi connectivity index (χ3n) is 6.76. The summed E-state index contributed by atoms with van der Waals surface area (Å²) in [6, 6.07) is 6.60. The SMILES string of the molecule is C[C@H](C(=O)Nc1ccc(Cn2cncn2)cc1)N1C(=O)[C@@H]2[C@H]3CC[C@@H](C3)[C@@H]2C1=O. The summed E-state index contributed by atoms with van der Waals surface area (Å²) >= 11 is 0. The zero-order valence-corrected chi connectivity index (χ0v) is 16.2. The van der Waals surface area contributed by atoms with Gasteiger partial charge in [0.15, 0.2) is 0 Å². The Kier molecular flexibility index (Phi) is 4.22. The molecule has 1 aromatic carbocycles. The fourth-order valence-corrected chi connectivity index (χ4v) is 5.37. The molecule has 3 amide bonds. The largest absolute Gasteiger partial charge is 0.324 e. The van der Waals surface area contributed by atoms with E-state index >= 15 is 0 Å². The normalized spacial score (nSPS) is 28.7. The van der Waals surface area contributed by atoms with Crippen LogP contribution in [-0.2, 0) is 20.9 Å². The van der Waals surface area contributed by atoms with Gasteiger partial charge in [-0.1, -0.05) is 12.1 Å². The van der Waals surface area contributed by atoms with Crippen molar-refractivity contribution in [2.75, 3.05) is 5.32 Å². The van der Waals surface area contributed by atoms with Crippen LogP contribution in [0.3, 0.4) is 0 Å². The Morgan fingerprint density at radius 1 is 1.14 bits per heavy atom. The molecule has 2 aliphatic carbocycles. The highest BCUT2D eigenvalue weighted by Crippen LogP contribution is 2.56. The van der Waals surface area contributed by atoms with Gasteiger partial charge >= 0.3 is 0 Å². The zero-order chi connectivity index (χ0) is 20.1. The smallest absolute Gasteiger partial charge is 0.247 e. The fraction of sp³-hybridized carbons (Fsp3) is 0.476. The molecule has 1 aromatic heterocycles. The fourth-order valence-electron chi connectivity index (χ4n) is 5.37. The molecule has 29 heavy (non-hydrogen) atoms. The van der Waals surface area contributed by atoms with Gasteiger partial charge in [0, 0.05) is 5.69 Å². The van der Waals surface area contributed by atoms with E-state index in [4.69, 9.17) is 0 Å². The maximum Gasteiger partial charge on any atom is 0.247 e. The summed E-state index contributed by atoms with van der Waals surface area (Å²) in [4.78, 5) is 43.7. The van der Waals surface area contributed by atoms with Crippen molar-refractivity contribution in [3.63, 3.8) is 0 Å². The Morgan fingerprint density at radius 3 is 2.38 bits per heavy atom. The molecule has 3 fully saturated rings. The van der Waals surface area contributed by atoms with Crippen LogP contribution in [0.1, 0.15) is 31.7 Å². The lowest BCUT2D eigenvalue weighted by atomic mass is 9.81. The Hall–Kier alpha value is -3.03. The van der Waals surface area contributed by atoms with Gasteiger partial charge in [0.25, 0.3) is 0 Å². The summed E-state index contributed by atoms with van der Waals surface area (Å²) < 4.78 is 1.71.